The third-order valence-electron chi connectivity index (χ3n) is 2.10. The lowest BCUT2D eigenvalue weighted by atomic mass is 10.4. The number of amides is 1. The van der Waals surface area contributed by atoms with Gasteiger partial charge in [0.15, 0.2) is 6.29 Å². The Labute approximate surface area is 92.2 Å². The van der Waals surface area contributed by atoms with Gasteiger partial charge in [-0.2, -0.15) is 0 Å². The third kappa shape index (κ3) is 3.02. The van der Waals surface area contributed by atoms with Crippen LogP contribution in [-0.4, -0.2) is 32.0 Å². The number of carbonyl (C=O) groups excluding carboxylic acids is 1. The number of rotatable bonds is 4. The van der Waals surface area contributed by atoms with E-state index in [9.17, 15) is 4.79 Å². The summed E-state index contributed by atoms with van der Waals surface area (Å²) in [5.41, 5.74) is 0. The Balaban J connectivity index is 1.67. The lowest BCUT2D eigenvalue weighted by molar-refractivity contribution is -0.0455. The molecule has 1 fully saturated rings. The van der Waals surface area contributed by atoms with Crippen LogP contribution in [0.1, 0.15) is 16.1 Å². The van der Waals surface area contributed by atoms with Gasteiger partial charge in [0.1, 0.15) is 0 Å². The van der Waals surface area contributed by atoms with Crippen LogP contribution >= 0.6 is 11.3 Å². The summed E-state index contributed by atoms with van der Waals surface area (Å²) in [5, 5.41) is 4.71. The molecule has 1 aliphatic heterocycles. The van der Waals surface area contributed by atoms with Crippen molar-refractivity contribution in [3.63, 3.8) is 0 Å². The Kier molecular flexibility index (Phi) is 3.71. The zero-order valence-electron chi connectivity index (χ0n) is 8.27. The molecule has 1 saturated heterocycles. The first-order valence-electron chi connectivity index (χ1n) is 4.91. The molecule has 5 heteroatoms. The van der Waals surface area contributed by atoms with E-state index in [1.54, 1.807) is 0 Å². The highest BCUT2D eigenvalue weighted by atomic mass is 32.1. The van der Waals surface area contributed by atoms with Crippen LogP contribution in [0.25, 0.3) is 0 Å². The summed E-state index contributed by atoms with van der Waals surface area (Å²) in [4.78, 5) is 12.2. The molecule has 0 radical (unpaired) electrons. The molecule has 0 atom stereocenters. The molecule has 82 valence electrons. The van der Waals surface area contributed by atoms with Crippen molar-refractivity contribution in [2.24, 2.45) is 0 Å². The van der Waals surface area contributed by atoms with Gasteiger partial charge >= 0.3 is 0 Å². The van der Waals surface area contributed by atoms with Gasteiger partial charge in [0.05, 0.1) is 18.1 Å². The summed E-state index contributed by atoms with van der Waals surface area (Å²) >= 11 is 1.44. The molecule has 2 rings (SSSR count). The first kappa shape index (κ1) is 10.6. The lowest BCUT2D eigenvalue weighted by Crippen LogP contribution is -2.26. The van der Waals surface area contributed by atoms with E-state index in [-0.39, 0.29) is 12.2 Å². The fraction of sp³-hybridized carbons (Fsp3) is 0.500. The maximum Gasteiger partial charge on any atom is 0.261 e. The number of thiophene rings is 1. The summed E-state index contributed by atoms with van der Waals surface area (Å²) in [5.74, 6) is -0.0250. The van der Waals surface area contributed by atoms with Crippen molar-refractivity contribution < 1.29 is 14.3 Å². The Morgan fingerprint density at radius 1 is 1.53 bits per heavy atom. The maximum absolute atomic E-state index is 11.5. The second-order valence-electron chi connectivity index (χ2n) is 3.19. The van der Waals surface area contributed by atoms with Crippen molar-refractivity contribution in [2.45, 2.75) is 12.7 Å². The van der Waals surface area contributed by atoms with Crippen LogP contribution in [0.5, 0.6) is 0 Å². The molecule has 1 N–H and O–H groups in total. The van der Waals surface area contributed by atoms with E-state index in [4.69, 9.17) is 9.47 Å². The van der Waals surface area contributed by atoms with Crippen LogP contribution in [0.4, 0.5) is 0 Å². The fourth-order valence-electron chi connectivity index (χ4n) is 1.37. The molecular weight excluding hydrogens is 214 g/mol. The minimum absolute atomic E-state index is 0.0250. The molecule has 1 aromatic heterocycles. The van der Waals surface area contributed by atoms with Gasteiger partial charge in [0, 0.05) is 13.0 Å². The van der Waals surface area contributed by atoms with Crippen molar-refractivity contribution in [3.05, 3.63) is 22.4 Å². The predicted molar refractivity (Wildman–Crippen MR) is 57.0 cm³/mol. The molecule has 4 nitrogen and oxygen atoms in total. The van der Waals surface area contributed by atoms with E-state index in [0.717, 1.165) is 4.88 Å². The summed E-state index contributed by atoms with van der Waals surface area (Å²) in [6, 6.07) is 3.67. The second kappa shape index (κ2) is 5.25. The Bertz CT molecular complexity index is 306. The average molecular weight is 227 g/mol. The molecule has 0 aromatic carbocycles. The van der Waals surface area contributed by atoms with Crippen molar-refractivity contribution in [2.75, 3.05) is 19.8 Å². The van der Waals surface area contributed by atoms with E-state index in [0.29, 0.717) is 26.2 Å². The molecule has 1 amide bonds. The van der Waals surface area contributed by atoms with Crippen LogP contribution in [-0.2, 0) is 9.47 Å². The molecule has 0 bridgehead atoms. The summed E-state index contributed by atoms with van der Waals surface area (Å²) in [6.07, 6.45) is 0.561. The highest BCUT2D eigenvalue weighted by Gasteiger charge is 2.15. The van der Waals surface area contributed by atoms with Gasteiger partial charge < -0.3 is 14.8 Å². The van der Waals surface area contributed by atoms with Gasteiger partial charge in [0.2, 0.25) is 0 Å². The van der Waals surface area contributed by atoms with Gasteiger partial charge in [0.25, 0.3) is 5.91 Å². The number of hydrogen-bond acceptors (Lipinski definition) is 4. The first-order chi connectivity index (χ1) is 7.36. The van der Waals surface area contributed by atoms with Crippen LogP contribution < -0.4 is 5.32 Å². The minimum atomic E-state index is -0.145. The monoisotopic (exact) mass is 227 g/mol. The molecule has 15 heavy (non-hydrogen) atoms. The predicted octanol–water partition coefficient (Wildman–Crippen LogP) is 1.24. The van der Waals surface area contributed by atoms with E-state index >= 15 is 0 Å². The quantitative estimate of drug-likeness (QED) is 0.842. The van der Waals surface area contributed by atoms with Crippen molar-refractivity contribution in [3.8, 4) is 0 Å². The zero-order chi connectivity index (χ0) is 10.5. The summed E-state index contributed by atoms with van der Waals surface area (Å²) in [7, 11) is 0. The van der Waals surface area contributed by atoms with Crippen molar-refractivity contribution in [1.29, 1.82) is 0 Å². The molecule has 0 spiro atoms. The number of ether oxygens (including phenoxy) is 2. The fourth-order valence-corrected chi connectivity index (χ4v) is 2.01. The number of carbonyl (C=O) groups is 1. The van der Waals surface area contributed by atoms with Gasteiger partial charge in [-0.3, -0.25) is 4.79 Å². The molecule has 0 unspecified atom stereocenters. The molecule has 0 aliphatic carbocycles. The van der Waals surface area contributed by atoms with Crippen molar-refractivity contribution >= 4 is 17.2 Å². The van der Waals surface area contributed by atoms with E-state index < -0.39 is 0 Å². The minimum Gasteiger partial charge on any atom is -0.351 e. The van der Waals surface area contributed by atoms with E-state index in [2.05, 4.69) is 5.32 Å². The molecular formula is C10H13NO3S. The van der Waals surface area contributed by atoms with Crippen molar-refractivity contribution in [1.82, 2.24) is 5.32 Å². The molecule has 1 aliphatic rings. The Morgan fingerprint density at radius 3 is 3.00 bits per heavy atom. The first-order valence-corrected chi connectivity index (χ1v) is 5.79. The molecule has 0 saturated carbocycles. The highest BCUT2D eigenvalue weighted by Crippen LogP contribution is 2.09. The molecule has 1 aromatic rings. The number of nitrogens with one attached hydrogen (secondary N) is 1. The Morgan fingerprint density at radius 2 is 2.33 bits per heavy atom. The highest BCUT2D eigenvalue weighted by molar-refractivity contribution is 7.12. The van der Waals surface area contributed by atoms with Crippen LogP contribution in [0, 0.1) is 0 Å². The third-order valence-corrected chi connectivity index (χ3v) is 2.97. The lowest BCUT2D eigenvalue weighted by Gasteiger charge is -2.08. The van der Waals surface area contributed by atoms with Gasteiger partial charge in [-0.15, -0.1) is 11.3 Å². The SMILES string of the molecule is O=C(NCCC1OCCO1)c1cccs1. The van der Waals surface area contributed by atoms with Crippen LogP contribution in [0.2, 0.25) is 0 Å². The smallest absolute Gasteiger partial charge is 0.261 e. The zero-order valence-corrected chi connectivity index (χ0v) is 9.09. The largest absolute Gasteiger partial charge is 0.351 e. The number of hydrogen-bond donors (Lipinski definition) is 1. The molecule has 2 heterocycles. The topological polar surface area (TPSA) is 47.6 Å². The second-order valence-corrected chi connectivity index (χ2v) is 4.14. The standard InChI is InChI=1S/C10H13NO3S/c12-10(8-2-1-7-15-8)11-4-3-9-13-5-6-14-9/h1-2,7,9H,3-6H2,(H,11,12). The summed E-state index contributed by atoms with van der Waals surface area (Å²) in [6.45, 7) is 1.90. The van der Waals surface area contributed by atoms with E-state index in [1.807, 2.05) is 17.5 Å². The van der Waals surface area contributed by atoms with Crippen LogP contribution in [0.15, 0.2) is 17.5 Å². The average Bonchev–Trinajstić information content (AvgIpc) is 2.90. The Hall–Kier alpha value is -0.910. The van der Waals surface area contributed by atoms with Crippen LogP contribution in [0.3, 0.4) is 0 Å². The van der Waals surface area contributed by atoms with Gasteiger partial charge in [-0.05, 0) is 11.4 Å². The summed E-state index contributed by atoms with van der Waals surface area (Å²) < 4.78 is 10.5. The maximum atomic E-state index is 11.5. The normalized spacial score (nSPS) is 16.8. The van der Waals surface area contributed by atoms with E-state index in [1.165, 1.54) is 11.3 Å². The van der Waals surface area contributed by atoms with Gasteiger partial charge in [-0.25, -0.2) is 0 Å². The van der Waals surface area contributed by atoms with Gasteiger partial charge in [-0.1, -0.05) is 6.07 Å².